The van der Waals surface area contributed by atoms with Gasteiger partial charge in [0.1, 0.15) is 5.82 Å². The van der Waals surface area contributed by atoms with Crippen molar-refractivity contribution in [2.75, 3.05) is 0 Å². The van der Waals surface area contributed by atoms with Crippen LogP contribution in [0.25, 0.3) is 0 Å². The van der Waals surface area contributed by atoms with Gasteiger partial charge in [-0.05, 0) is 6.42 Å². The van der Waals surface area contributed by atoms with Crippen molar-refractivity contribution in [3.63, 3.8) is 0 Å². The summed E-state index contributed by atoms with van der Waals surface area (Å²) in [6.07, 6.45) is 15.2. The van der Waals surface area contributed by atoms with Crippen LogP contribution in [0.3, 0.4) is 0 Å². The molecule has 18 heavy (non-hydrogen) atoms. The minimum Gasteiger partial charge on any atom is -0.345 e. The van der Waals surface area contributed by atoms with Gasteiger partial charge in [0.05, 0.1) is 5.88 Å². The molecule has 0 fully saturated rings. The Morgan fingerprint density at radius 2 is 1.61 bits per heavy atom. The Hall–Kier alpha value is -0.500. The second kappa shape index (κ2) is 10.4. The summed E-state index contributed by atoms with van der Waals surface area (Å²) in [5.74, 6) is 1.62. The number of hydrogen-bond donors (Lipinski definition) is 1. The Bertz CT molecular complexity index is 296. The monoisotopic (exact) mass is 270 g/mol. The van der Waals surface area contributed by atoms with Gasteiger partial charge in [0, 0.05) is 18.3 Å². The second-order valence-corrected chi connectivity index (χ2v) is 5.33. The van der Waals surface area contributed by atoms with Crippen LogP contribution in [0.1, 0.15) is 76.2 Å². The summed E-state index contributed by atoms with van der Waals surface area (Å²) in [6, 6.07) is 0. The van der Waals surface area contributed by atoms with Gasteiger partial charge in [0.2, 0.25) is 0 Å². The maximum Gasteiger partial charge on any atom is 0.106 e. The molecule has 0 unspecified atom stereocenters. The lowest BCUT2D eigenvalue weighted by Gasteiger charge is -2.01. The van der Waals surface area contributed by atoms with E-state index < -0.39 is 0 Å². The van der Waals surface area contributed by atoms with Crippen molar-refractivity contribution in [1.29, 1.82) is 0 Å². The average Bonchev–Trinajstić information content (AvgIpc) is 2.85. The van der Waals surface area contributed by atoms with E-state index in [9.17, 15) is 0 Å². The Morgan fingerprint density at radius 1 is 1.00 bits per heavy atom. The number of imidazole rings is 1. The zero-order chi connectivity index (χ0) is 13.1. The number of H-pyrrole nitrogens is 1. The molecule has 3 heteroatoms. The van der Waals surface area contributed by atoms with Crippen molar-refractivity contribution < 1.29 is 0 Å². The maximum absolute atomic E-state index is 5.72. The third kappa shape index (κ3) is 7.05. The van der Waals surface area contributed by atoms with Crippen LogP contribution >= 0.6 is 11.6 Å². The smallest absolute Gasteiger partial charge is 0.106 e. The highest BCUT2D eigenvalue weighted by Gasteiger charge is 1.99. The fourth-order valence-corrected chi connectivity index (χ4v) is 2.34. The molecule has 0 atom stereocenters. The van der Waals surface area contributed by atoms with Crippen LogP contribution in [0.15, 0.2) is 6.20 Å². The van der Waals surface area contributed by atoms with Crippen LogP contribution in [0.5, 0.6) is 0 Å². The van der Waals surface area contributed by atoms with E-state index in [-0.39, 0.29) is 0 Å². The molecule has 0 saturated heterocycles. The Labute approximate surface area is 117 Å². The van der Waals surface area contributed by atoms with E-state index in [1.807, 2.05) is 6.20 Å². The first-order valence-electron chi connectivity index (χ1n) is 7.45. The van der Waals surface area contributed by atoms with Gasteiger partial charge in [-0.2, -0.15) is 0 Å². The van der Waals surface area contributed by atoms with Gasteiger partial charge in [-0.25, -0.2) is 4.98 Å². The molecule has 0 radical (unpaired) electrons. The third-order valence-electron chi connectivity index (χ3n) is 3.34. The number of unbranched alkanes of at least 4 members (excludes halogenated alkanes) is 8. The molecule has 1 aromatic rings. The minimum absolute atomic E-state index is 0.532. The molecule has 0 aliphatic heterocycles. The number of aromatic nitrogens is 2. The Balaban J connectivity index is 1.89. The average molecular weight is 271 g/mol. The van der Waals surface area contributed by atoms with Crippen molar-refractivity contribution in [3.05, 3.63) is 17.7 Å². The van der Waals surface area contributed by atoms with E-state index >= 15 is 0 Å². The first kappa shape index (κ1) is 15.6. The molecule has 2 nitrogen and oxygen atoms in total. The fourth-order valence-electron chi connectivity index (χ4n) is 2.20. The lowest BCUT2D eigenvalue weighted by Crippen LogP contribution is -1.89. The van der Waals surface area contributed by atoms with E-state index in [2.05, 4.69) is 16.9 Å². The highest BCUT2D eigenvalue weighted by Crippen LogP contribution is 2.11. The van der Waals surface area contributed by atoms with Gasteiger partial charge in [-0.3, -0.25) is 0 Å². The number of alkyl halides is 1. The highest BCUT2D eigenvalue weighted by atomic mass is 35.5. The van der Waals surface area contributed by atoms with Gasteiger partial charge < -0.3 is 4.98 Å². The molecular weight excluding hydrogens is 244 g/mol. The molecule has 104 valence electrons. The van der Waals surface area contributed by atoms with Gasteiger partial charge >= 0.3 is 0 Å². The number of halogens is 1. The number of aryl methyl sites for hydroxylation is 1. The van der Waals surface area contributed by atoms with Crippen LogP contribution in [0, 0.1) is 0 Å². The van der Waals surface area contributed by atoms with Crippen molar-refractivity contribution in [2.24, 2.45) is 0 Å². The molecular formula is C15H27ClN2. The van der Waals surface area contributed by atoms with Crippen LogP contribution in [-0.4, -0.2) is 9.97 Å². The van der Waals surface area contributed by atoms with Crippen LogP contribution in [-0.2, 0) is 12.3 Å². The summed E-state index contributed by atoms with van der Waals surface area (Å²) >= 11 is 5.72. The van der Waals surface area contributed by atoms with Crippen LogP contribution < -0.4 is 0 Å². The quantitative estimate of drug-likeness (QED) is 0.433. The summed E-state index contributed by atoms with van der Waals surface area (Å²) in [5.41, 5.74) is 1.03. The van der Waals surface area contributed by atoms with E-state index in [1.54, 1.807) is 0 Å². The molecule has 0 aliphatic carbocycles. The lowest BCUT2D eigenvalue weighted by molar-refractivity contribution is 0.562. The molecule has 1 aromatic heterocycles. The fraction of sp³-hybridized carbons (Fsp3) is 0.800. The standard InChI is InChI=1S/C15H27ClN2/c1-2-3-4-5-6-7-8-9-10-11-15-17-13-14(12-16)18-15/h13H,2-12H2,1H3,(H,17,18). The molecule has 0 aromatic carbocycles. The van der Waals surface area contributed by atoms with Gasteiger partial charge in [-0.1, -0.05) is 58.3 Å². The summed E-state index contributed by atoms with van der Waals surface area (Å²) in [4.78, 5) is 7.56. The SMILES string of the molecule is CCCCCCCCCCCc1ncc(CCl)[nH]1. The second-order valence-electron chi connectivity index (χ2n) is 5.07. The molecule has 0 bridgehead atoms. The van der Waals surface area contributed by atoms with E-state index in [0.717, 1.165) is 17.9 Å². The number of nitrogens with zero attached hydrogens (tertiary/aromatic N) is 1. The van der Waals surface area contributed by atoms with Gasteiger partial charge in [-0.15, -0.1) is 11.6 Å². The summed E-state index contributed by atoms with van der Waals surface area (Å²) < 4.78 is 0. The summed E-state index contributed by atoms with van der Waals surface area (Å²) in [6.45, 7) is 2.27. The lowest BCUT2D eigenvalue weighted by atomic mass is 10.1. The number of hydrogen-bond acceptors (Lipinski definition) is 1. The summed E-state index contributed by atoms with van der Waals surface area (Å²) in [7, 11) is 0. The molecule has 0 saturated carbocycles. The number of aromatic amines is 1. The first-order valence-corrected chi connectivity index (χ1v) is 7.99. The van der Waals surface area contributed by atoms with Gasteiger partial charge in [0.25, 0.3) is 0 Å². The topological polar surface area (TPSA) is 28.7 Å². The number of nitrogens with one attached hydrogen (secondary N) is 1. The largest absolute Gasteiger partial charge is 0.345 e. The molecule has 0 amide bonds. The zero-order valence-corrected chi connectivity index (χ0v) is 12.4. The van der Waals surface area contributed by atoms with Gasteiger partial charge in [0.15, 0.2) is 0 Å². The Morgan fingerprint density at radius 3 is 2.17 bits per heavy atom. The molecule has 1 heterocycles. The Kier molecular flexibility index (Phi) is 9.01. The van der Waals surface area contributed by atoms with Crippen molar-refractivity contribution in [2.45, 2.75) is 77.0 Å². The number of rotatable bonds is 11. The van der Waals surface area contributed by atoms with E-state index in [4.69, 9.17) is 11.6 Å². The maximum atomic E-state index is 5.72. The van der Waals surface area contributed by atoms with Crippen molar-refractivity contribution in [1.82, 2.24) is 9.97 Å². The molecule has 0 aliphatic rings. The minimum atomic E-state index is 0.532. The predicted octanol–water partition coefficient (Wildman–Crippen LogP) is 5.22. The van der Waals surface area contributed by atoms with Crippen LogP contribution in [0.2, 0.25) is 0 Å². The summed E-state index contributed by atoms with van der Waals surface area (Å²) in [5, 5.41) is 0. The molecule has 1 N–H and O–H groups in total. The highest BCUT2D eigenvalue weighted by molar-refractivity contribution is 6.16. The van der Waals surface area contributed by atoms with E-state index in [1.165, 1.54) is 57.8 Å². The first-order chi connectivity index (χ1) is 8.86. The zero-order valence-electron chi connectivity index (χ0n) is 11.7. The van der Waals surface area contributed by atoms with Crippen molar-refractivity contribution in [3.8, 4) is 0 Å². The predicted molar refractivity (Wildman–Crippen MR) is 79.1 cm³/mol. The molecule has 0 spiro atoms. The van der Waals surface area contributed by atoms with Crippen LogP contribution in [0.4, 0.5) is 0 Å². The van der Waals surface area contributed by atoms with E-state index in [0.29, 0.717) is 5.88 Å². The normalized spacial score (nSPS) is 11.0. The molecule has 1 rings (SSSR count). The third-order valence-corrected chi connectivity index (χ3v) is 3.63. The van der Waals surface area contributed by atoms with Crippen molar-refractivity contribution >= 4 is 11.6 Å².